The fraction of sp³-hybridized carbons (Fsp3) is 0.0833. The van der Waals surface area contributed by atoms with Crippen LogP contribution < -0.4 is 10.1 Å². The molecule has 0 amide bonds. The van der Waals surface area contributed by atoms with E-state index in [0.717, 1.165) is 0 Å². The highest BCUT2D eigenvalue weighted by atomic mass is 35.5. The van der Waals surface area contributed by atoms with Crippen molar-refractivity contribution in [1.29, 1.82) is 0 Å². The Hall–Kier alpha value is -1.95. The molecule has 3 nitrogen and oxygen atoms in total. The van der Waals surface area contributed by atoms with Crippen molar-refractivity contribution in [2.45, 2.75) is 6.36 Å². The molecule has 19 heavy (non-hydrogen) atoms. The van der Waals surface area contributed by atoms with Crippen LogP contribution in [0, 0.1) is 0 Å². The van der Waals surface area contributed by atoms with Crippen molar-refractivity contribution in [3.63, 3.8) is 0 Å². The lowest BCUT2D eigenvalue weighted by Gasteiger charge is -2.10. The van der Waals surface area contributed by atoms with Crippen LogP contribution in [-0.2, 0) is 0 Å². The largest absolute Gasteiger partial charge is 0.573 e. The van der Waals surface area contributed by atoms with E-state index < -0.39 is 6.36 Å². The van der Waals surface area contributed by atoms with Crippen LogP contribution in [0.25, 0.3) is 0 Å². The number of benzene rings is 1. The van der Waals surface area contributed by atoms with Crippen molar-refractivity contribution in [3.05, 3.63) is 47.6 Å². The molecule has 0 atom stereocenters. The molecule has 2 aromatic rings. The van der Waals surface area contributed by atoms with Gasteiger partial charge in [-0.05, 0) is 36.4 Å². The minimum Gasteiger partial charge on any atom is -0.406 e. The Morgan fingerprint density at radius 3 is 2.37 bits per heavy atom. The normalized spacial score (nSPS) is 11.2. The molecule has 0 aliphatic carbocycles. The van der Waals surface area contributed by atoms with Crippen molar-refractivity contribution >= 4 is 23.1 Å². The van der Waals surface area contributed by atoms with Crippen LogP contribution in [0.15, 0.2) is 42.6 Å². The van der Waals surface area contributed by atoms with Crippen LogP contribution in [0.4, 0.5) is 24.7 Å². The Morgan fingerprint density at radius 1 is 1.11 bits per heavy atom. The van der Waals surface area contributed by atoms with E-state index >= 15 is 0 Å². The molecule has 0 radical (unpaired) electrons. The smallest absolute Gasteiger partial charge is 0.406 e. The number of pyridine rings is 1. The molecule has 1 aromatic carbocycles. The molecule has 0 aliphatic heterocycles. The quantitative estimate of drug-likeness (QED) is 0.910. The lowest BCUT2D eigenvalue weighted by atomic mass is 10.3. The second-order valence-electron chi connectivity index (χ2n) is 3.53. The molecular weight excluding hydrogens is 281 g/mol. The molecule has 0 unspecified atom stereocenters. The Labute approximate surface area is 112 Å². The molecule has 1 heterocycles. The number of nitrogens with one attached hydrogen (secondary N) is 1. The third kappa shape index (κ3) is 4.03. The van der Waals surface area contributed by atoms with Gasteiger partial charge in [0, 0.05) is 11.9 Å². The summed E-state index contributed by atoms with van der Waals surface area (Å²) in [6.07, 6.45) is -3.14. The maximum atomic E-state index is 12.0. The van der Waals surface area contributed by atoms with Gasteiger partial charge in [0.2, 0.25) is 0 Å². The SMILES string of the molecule is FC(F)(F)Oc1ccc(Nc2ncccc2Cl)cc1. The number of hydrogen-bond donors (Lipinski definition) is 1. The Bertz CT molecular complexity index is 558. The summed E-state index contributed by atoms with van der Waals surface area (Å²) in [5.41, 5.74) is 0.551. The van der Waals surface area contributed by atoms with E-state index in [-0.39, 0.29) is 5.75 Å². The number of ether oxygens (including phenoxy) is 1. The van der Waals surface area contributed by atoms with Gasteiger partial charge < -0.3 is 10.1 Å². The van der Waals surface area contributed by atoms with Crippen molar-refractivity contribution in [3.8, 4) is 5.75 Å². The van der Waals surface area contributed by atoms with Crippen LogP contribution in [0.2, 0.25) is 5.02 Å². The van der Waals surface area contributed by atoms with Crippen LogP contribution in [-0.4, -0.2) is 11.3 Å². The molecule has 0 saturated carbocycles. The average Bonchev–Trinajstić information content (AvgIpc) is 2.33. The second-order valence-corrected chi connectivity index (χ2v) is 3.94. The zero-order valence-corrected chi connectivity index (χ0v) is 10.2. The topological polar surface area (TPSA) is 34.1 Å². The van der Waals surface area contributed by atoms with E-state index in [1.54, 1.807) is 18.3 Å². The van der Waals surface area contributed by atoms with Gasteiger partial charge in [-0.1, -0.05) is 11.6 Å². The number of anilines is 2. The van der Waals surface area contributed by atoms with Crippen molar-refractivity contribution in [2.24, 2.45) is 0 Å². The summed E-state index contributed by atoms with van der Waals surface area (Å²) in [5, 5.41) is 3.30. The maximum absolute atomic E-state index is 12.0. The summed E-state index contributed by atoms with van der Waals surface area (Å²) in [5.74, 6) is 0.138. The predicted molar refractivity (Wildman–Crippen MR) is 65.7 cm³/mol. The van der Waals surface area contributed by atoms with Gasteiger partial charge in [-0.15, -0.1) is 13.2 Å². The molecule has 0 aliphatic rings. The van der Waals surface area contributed by atoms with E-state index in [0.29, 0.717) is 16.5 Å². The lowest BCUT2D eigenvalue weighted by Crippen LogP contribution is -2.16. The lowest BCUT2D eigenvalue weighted by molar-refractivity contribution is -0.274. The standard InChI is InChI=1S/C12H8ClF3N2O/c13-10-2-1-7-17-11(10)18-8-3-5-9(6-4-8)19-12(14,15)16/h1-7H,(H,17,18). The predicted octanol–water partition coefficient (Wildman–Crippen LogP) is 4.38. The van der Waals surface area contributed by atoms with E-state index in [4.69, 9.17) is 11.6 Å². The first-order chi connectivity index (χ1) is 8.94. The minimum atomic E-state index is -4.70. The number of rotatable bonds is 3. The summed E-state index contributed by atoms with van der Waals surface area (Å²) in [7, 11) is 0. The second kappa shape index (κ2) is 5.36. The average molecular weight is 289 g/mol. The summed E-state index contributed by atoms with van der Waals surface area (Å²) in [6, 6.07) is 8.60. The van der Waals surface area contributed by atoms with Crippen LogP contribution in [0.1, 0.15) is 0 Å². The van der Waals surface area contributed by atoms with Crippen molar-refractivity contribution in [2.75, 3.05) is 5.32 Å². The minimum absolute atomic E-state index is 0.287. The molecule has 0 fully saturated rings. The zero-order valence-electron chi connectivity index (χ0n) is 9.41. The van der Waals surface area contributed by atoms with E-state index in [1.807, 2.05) is 0 Å². The third-order valence-electron chi connectivity index (χ3n) is 2.11. The zero-order chi connectivity index (χ0) is 13.9. The highest BCUT2D eigenvalue weighted by Crippen LogP contribution is 2.26. The molecule has 100 valence electrons. The summed E-state index contributed by atoms with van der Waals surface area (Å²) in [6.45, 7) is 0. The van der Waals surface area contributed by atoms with Gasteiger partial charge in [0.05, 0.1) is 5.02 Å². The van der Waals surface area contributed by atoms with E-state index in [1.165, 1.54) is 24.3 Å². The van der Waals surface area contributed by atoms with E-state index in [9.17, 15) is 13.2 Å². The first kappa shape index (κ1) is 13.5. The first-order valence-corrected chi connectivity index (χ1v) is 5.55. The highest BCUT2D eigenvalue weighted by molar-refractivity contribution is 6.33. The van der Waals surface area contributed by atoms with Gasteiger partial charge in [0.1, 0.15) is 11.6 Å². The Balaban J connectivity index is 2.09. The van der Waals surface area contributed by atoms with Crippen LogP contribution in [0.3, 0.4) is 0 Å². The van der Waals surface area contributed by atoms with Crippen LogP contribution in [0.5, 0.6) is 5.75 Å². The monoisotopic (exact) mass is 288 g/mol. The number of halogens is 4. The molecule has 0 saturated heterocycles. The molecule has 1 aromatic heterocycles. The van der Waals surface area contributed by atoms with Gasteiger partial charge in [-0.25, -0.2) is 4.98 Å². The van der Waals surface area contributed by atoms with Gasteiger partial charge in [0.25, 0.3) is 0 Å². The molecular formula is C12H8ClF3N2O. The van der Waals surface area contributed by atoms with E-state index in [2.05, 4.69) is 15.0 Å². The molecule has 1 N–H and O–H groups in total. The molecule has 7 heteroatoms. The molecule has 2 rings (SSSR count). The van der Waals surface area contributed by atoms with Gasteiger partial charge in [-0.2, -0.15) is 0 Å². The Morgan fingerprint density at radius 2 is 1.79 bits per heavy atom. The maximum Gasteiger partial charge on any atom is 0.573 e. The summed E-state index contributed by atoms with van der Waals surface area (Å²) >= 11 is 5.89. The third-order valence-corrected chi connectivity index (χ3v) is 2.41. The fourth-order valence-electron chi connectivity index (χ4n) is 1.35. The Kier molecular flexibility index (Phi) is 3.80. The fourth-order valence-corrected chi connectivity index (χ4v) is 1.52. The summed E-state index contributed by atoms with van der Waals surface area (Å²) < 4.78 is 39.7. The number of aromatic nitrogens is 1. The summed E-state index contributed by atoms with van der Waals surface area (Å²) in [4.78, 5) is 4.00. The highest BCUT2D eigenvalue weighted by Gasteiger charge is 2.30. The van der Waals surface area contributed by atoms with Crippen LogP contribution >= 0.6 is 11.6 Å². The molecule has 0 spiro atoms. The van der Waals surface area contributed by atoms with Gasteiger partial charge in [0.15, 0.2) is 0 Å². The molecule has 0 bridgehead atoms. The van der Waals surface area contributed by atoms with Gasteiger partial charge in [-0.3, -0.25) is 0 Å². The number of nitrogens with zero attached hydrogens (tertiary/aromatic N) is 1. The van der Waals surface area contributed by atoms with Gasteiger partial charge >= 0.3 is 6.36 Å². The van der Waals surface area contributed by atoms with Crippen molar-refractivity contribution in [1.82, 2.24) is 4.98 Å². The first-order valence-electron chi connectivity index (χ1n) is 5.17. The number of hydrogen-bond acceptors (Lipinski definition) is 3. The number of alkyl halides is 3. The van der Waals surface area contributed by atoms with Crippen molar-refractivity contribution < 1.29 is 17.9 Å².